The van der Waals surface area contributed by atoms with Gasteiger partial charge in [-0.3, -0.25) is 4.79 Å². The van der Waals surface area contributed by atoms with Crippen molar-refractivity contribution in [3.8, 4) is 0 Å². The molecule has 0 heterocycles. The van der Waals surface area contributed by atoms with Gasteiger partial charge in [-0.25, -0.2) is 4.79 Å². The summed E-state index contributed by atoms with van der Waals surface area (Å²) in [6, 6.07) is 2.13. The number of carbonyl (C=O) groups excluding carboxylic acids is 2. The lowest BCUT2D eigenvalue weighted by atomic mass is 10.0. The number of aliphatic hydroxyl groups excluding tert-OH is 1. The summed E-state index contributed by atoms with van der Waals surface area (Å²) in [7, 11) is 2.68. The zero-order chi connectivity index (χ0) is 18.6. The van der Waals surface area contributed by atoms with Crippen molar-refractivity contribution in [1.29, 1.82) is 0 Å². The van der Waals surface area contributed by atoms with Crippen LogP contribution in [0.2, 0.25) is 15.1 Å². The molecule has 0 saturated heterocycles. The molecule has 0 saturated carbocycles. The first-order valence-electron chi connectivity index (χ1n) is 7.00. The van der Waals surface area contributed by atoms with Crippen LogP contribution in [0.3, 0.4) is 0 Å². The van der Waals surface area contributed by atoms with E-state index in [0.29, 0.717) is 0 Å². The highest BCUT2D eigenvalue weighted by Crippen LogP contribution is 2.35. The highest BCUT2D eigenvalue weighted by molar-refractivity contribution is 6.45. The van der Waals surface area contributed by atoms with Crippen LogP contribution in [0, 0.1) is 5.92 Å². The number of nitrogens with zero attached hydrogens (tertiary/aromatic N) is 1. The second-order valence-electron chi connectivity index (χ2n) is 5.41. The summed E-state index contributed by atoms with van der Waals surface area (Å²) < 4.78 is 4.71. The minimum absolute atomic E-state index is 0.0294. The van der Waals surface area contributed by atoms with Crippen LogP contribution in [-0.2, 0) is 14.3 Å². The number of amides is 1. The molecule has 1 unspecified atom stereocenters. The molecular weight excluding hydrogens is 377 g/mol. The van der Waals surface area contributed by atoms with E-state index < -0.39 is 23.7 Å². The number of hydrogen-bond donors (Lipinski definition) is 1. The Morgan fingerprint density at radius 3 is 2.25 bits per heavy atom. The Bertz CT molecular complexity index is 674. The van der Waals surface area contributed by atoms with Gasteiger partial charge in [0.15, 0.2) is 0 Å². The normalized spacial score (nSPS) is 12.9. The summed E-state index contributed by atoms with van der Waals surface area (Å²) in [6.45, 7) is 3.55. The number of ether oxygens (including phenoxy) is 1. The van der Waals surface area contributed by atoms with E-state index in [4.69, 9.17) is 39.5 Å². The van der Waals surface area contributed by atoms with Crippen molar-refractivity contribution < 1.29 is 19.4 Å². The number of rotatable bonds is 5. The number of halogens is 3. The summed E-state index contributed by atoms with van der Waals surface area (Å²) >= 11 is 17.9. The lowest BCUT2D eigenvalue weighted by molar-refractivity contribution is -0.152. The van der Waals surface area contributed by atoms with Gasteiger partial charge in [-0.15, -0.1) is 0 Å². The van der Waals surface area contributed by atoms with Crippen LogP contribution >= 0.6 is 34.8 Å². The van der Waals surface area contributed by atoms with Crippen molar-refractivity contribution >= 4 is 52.4 Å². The third kappa shape index (κ3) is 4.56. The molecule has 1 amide bonds. The summed E-state index contributed by atoms with van der Waals surface area (Å²) in [4.78, 5) is 25.4. The molecule has 0 fully saturated rings. The Labute approximate surface area is 155 Å². The number of carbonyl (C=O) groups is 2. The Morgan fingerprint density at radius 1 is 1.21 bits per heavy atom. The molecule has 1 N–H and O–H groups in total. The smallest absolute Gasteiger partial charge is 0.328 e. The molecule has 0 bridgehead atoms. The fraction of sp³-hybridized carbons (Fsp3) is 0.375. The Hall–Kier alpha value is -1.43. The van der Waals surface area contributed by atoms with Crippen LogP contribution in [0.1, 0.15) is 19.4 Å². The van der Waals surface area contributed by atoms with Crippen LogP contribution in [0.5, 0.6) is 0 Å². The van der Waals surface area contributed by atoms with Crippen molar-refractivity contribution in [3.63, 3.8) is 0 Å². The molecule has 0 aliphatic heterocycles. The van der Waals surface area contributed by atoms with Crippen molar-refractivity contribution in [2.24, 2.45) is 5.92 Å². The molecule has 1 aromatic rings. The van der Waals surface area contributed by atoms with E-state index >= 15 is 0 Å². The SMILES string of the molecule is COC(=O)C(C(C)C)N(C)C(=O)/C=C(\O)c1c(Cl)ccc(Cl)c1Cl. The Morgan fingerprint density at radius 2 is 1.75 bits per heavy atom. The fourth-order valence-corrected chi connectivity index (χ4v) is 2.91. The largest absolute Gasteiger partial charge is 0.507 e. The van der Waals surface area contributed by atoms with Crippen LogP contribution in [0.4, 0.5) is 0 Å². The van der Waals surface area contributed by atoms with E-state index in [2.05, 4.69) is 0 Å². The predicted octanol–water partition coefficient (Wildman–Crippen LogP) is 4.20. The first-order chi connectivity index (χ1) is 11.1. The zero-order valence-electron chi connectivity index (χ0n) is 13.6. The minimum atomic E-state index is -0.795. The van der Waals surface area contributed by atoms with Crippen molar-refractivity contribution in [2.45, 2.75) is 19.9 Å². The summed E-state index contributed by atoms with van der Waals surface area (Å²) in [5.41, 5.74) is 0.0479. The van der Waals surface area contributed by atoms with Crippen molar-refractivity contribution in [1.82, 2.24) is 4.90 Å². The van der Waals surface area contributed by atoms with Gasteiger partial charge in [-0.1, -0.05) is 48.7 Å². The Kier molecular flexibility index (Phi) is 7.39. The highest BCUT2D eigenvalue weighted by atomic mass is 35.5. The first-order valence-corrected chi connectivity index (χ1v) is 8.14. The number of hydrogen-bond acceptors (Lipinski definition) is 4. The molecule has 0 aliphatic carbocycles. The molecule has 0 aromatic heterocycles. The standard InChI is InChI=1S/C16H18Cl3NO4/c1-8(2)15(16(23)24-4)20(3)12(22)7-11(21)13-9(17)5-6-10(18)14(13)19/h5-8,15,21H,1-4H3/b11-7-. The molecule has 5 nitrogen and oxygen atoms in total. The van der Waals surface area contributed by atoms with Gasteiger partial charge in [-0.2, -0.15) is 0 Å². The van der Waals surface area contributed by atoms with Crippen molar-refractivity contribution in [2.75, 3.05) is 14.2 Å². The van der Waals surface area contributed by atoms with E-state index in [1.54, 1.807) is 13.8 Å². The van der Waals surface area contributed by atoms with Gasteiger partial charge in [0.05, 0.1) is 27.7 Å². The molecule has 0 radical (unpaired) electrons. The molecule has 1 rings (SSSR count). The van der Waals surface area contributed by atoms with Gasteiger partial charge < -0.3 is 14.7 Å². The van der Waals surface area contributed by atoms with Gasteiger partial charge in [0, 0.05) is 13.1 Å². The van der Waals surface area contributed by atoms with Gasteiger partial charge >= 0.3 is 5.97 Å². The topological polar surface area (TPSA) is 66.8 Å². The summed E-state index contributed by atoms with van der Waals surface area (Å²) in [5, 5.41) is 10.6. The van der Waals surface area contributed by atoms with Crippen LogP contribution in [-0.4, -0.2) is 42.1 Å². The lowest BCUT2D eigenvalue weighted by Gasteiger charge is -2.28. The highest BCUT2D eigenvalue weighted by Gasteiger charge is 2.30. The zero-order valence-corrected chi connectivity index (χ0v) is 15.9. The van der Waals surface area contributed by atoms with Crippen LogP contribution in [0.15, 0.2) is 18.2 Å². The van der Waals surface area contributed by atoms with E-state index in [-0.39, 0.29) is 26.5 Å². The number of esters is 1. The maximum atomic E-state index is 12.4. The van der Waals surface area contributed by atoms with Crippen LogP contribution < -0.4 is 0 Å². The predicted molar refractivity (Wildman–Crippen MR) is 95.5 cm³/mol. The van der Waals surface area contributed by atoms with Gasteiger partial charge in [0.25, 0.3) is 5.91 Å². The number of likely N-dealkylation sites (N-methyl/N-ethyl adjacent to an activating group) is 1. The van der Waals surface area contributed by atoms with Crippen molar-refractivity contribution in [3.05, 3.63) is 38.8 Å². The van der Waals surface area contributed by atoms with E-state index in [0.717, 1.165) is 6.08 Å². The molecule has 0 aliphatic rings. The van der Waals surface area contributed by atoms with E-state index in [1.165, 1.54) is 31.2 Å². The summed E-state index contributed by atoms with van der Waals surface area (Å²) in [5.74, 6) is -1.78. The Balaban J connectivity index is 3.18. The average molecular weight is 395 g/mol. The fourth-order valence-electron chi connectivity index (χ4n) is 2.19. The molecule has 132 valence electrons. The number of aliphatic hydroxyl groups is 1. The number of methoxy groups -OCH3 is 1. The molecule has 24 heavy (non-hydrogen) atoms. The molecule has 0 spiro atoms. The minimum Gasteiger partial charge on any atom is -0.507 e. The second kappa shape index (κ2) is 8.60. The number of benzene rings is 1. The first kappa shape index (κ1) is 20.6. The van der Waals surface area contributed by atoms with Gasteiger partial charge in [0.1, 0.15) is 11.8 Å². The molecular formula is C16H18Cl3NO4. The molecule has 1 atom stereocenters. The monoisotopic (exact) mass is 393 g/mol. The van der Waals surface area contributed by atoms with E-state index in [1.807, 2.05) is 0 Å². The molecule has 1 aromatic carbocycles. The maximum Gasteiger partial charge on any atom is 0.328 e. The van der Waals surface area contributed by atoms with Crippen LogP contribution in [0.25, 0.3) is 5.76 Å². The van der Waals surface area contributed by atoms with E-state index in [9.17, 15) is 14.7 Å². The maximum absolute atomic E-state index is 12.4. The third-order valence-electron chi connectivity index (χ3n) is 3.40. The third-order valence-corrected chi connectivity index (χ3v) is 4.52. The molecule has 8 heteroatoms. The quantitative estimate of drug-likeness (QED) is 0.352. The van der Waals surface area contributed by atoms with Gasteiger partial charge in [0.2, 0.25) is 0 Å². The second-order valence-corrected chi connectivity index (χ2v) is 6.60. The lowest BCUT2D eigenvalue weighted by Crippen LogP contribution is -2.45. The summed E-state index contributed by atoms with van der Waals surface area (Å²) in [6.07, 6.45) is 0.932. The van der Waals surface area contributed by atoms with Gasteiger partial charge in [-0.05, 0) is 18.1 Å². The average Bonchev–Trinajstić information content (AvgIpc) is 2.50.